The van der Waals surface area contributed by atoms with E-state index in [4.69, 9.17) is 9.47 Å². The molecule has 0 bridgehead atoms. The number of hydrogen-bond acceptors (Lipinski definition) is 3. The van der Waals surface area contributed by atoms with Crippen LogP contribution in [0.4, 0.5) is 0 Å². The maximum atomic E-state index is 6.04. The molecule has 0 aliphatic carbocycles. The Kier molecular flexibility index (Phi) is 6.03. The Labute approximate surface area is 123 Å². The summed E-state index contributed by atoms with van der Waals surface area (Å²) in [7, 11) is 3.72. The maximum Gasteiger partial charge on any atom is 0.126 e. The normalized spacial score (nSPS) is 15.8. The second kappa shape index (κ2) is 7.09. The second-order valence-electron chi connectivity index (χ2n) is 5.45. The summed E-state index contributed by atoms with van der Waals surface area (Å²) in [5.41, 5.74) is 3.35. The lowest BCUT2D eigenvalue weighted by Gasteiger charge is -2.38. The Hall–Kier alpha value is -1.06. The number of nitrogens with one attached hydrogen (secondary N) is 1. The van der Waals surface area contributed by atoms with Crippen LogP contribution in [-0.4, -0.2) is 26.4 Å². The van der Waals surface area contributed by atoms with Crippen LogP contribution in [0.15, 0.2) is 12.1 Å². The zero-order valence-corrected chi connectivity index (χ0v) is 14.0. The third kappa shape index (κ3) is 3.15. The van der Waals surface area contributed by atoms with Crippen molar-refractivity contribution in [3.05, 3.63) is 28.8 Å². The molecule has 0 amide bonds. The van der Waals surface area contributed by atoms with Crippen LogP contribution in [-0.2, 0) is 4.74 Å². The minimum Gasteiger partial charge on any atom is -0.496 e. The predicted octanol–water partition coefficient (Wildman–Crippen LogP) is 3.78. The van der Waals surface area contributed by atoms with E-state index in [2.05, 4.69) is 45.1 Å². The van der Waals surface area contributed by atoms with Crippen LogP contribution in [0.2, 0.25) is 0 Å². The summed E-state index contributed by atoms with van der Waals surface area (Å²) in [5, 5.41) is 3.41. The van der Waals surface area contributed by atoms with Crippen molar-refractivity contribution in [3.8, 4) is 5.75 Å². The highest BCUT2D eigenvalue weighted by Gasteiger charge is 2.35. The molecule has 20 heavy (non-hydrogen) atoms. The molecule has 0 aromatic heterocycles. The number of aryl methyl sites for hydroxylation is 1. The fraction of sp³-hybridized carbons (Fsp3) is 0.647. The molecule has 2 unspecified atom stereocenters. The third-order valence-electron chi connectivity index (χ3n) is 4.30. The van der Waals surface area contributed by atoms with Gasteiger partial charge in [0, 0.05) is 12.2 Å². The second-order valence-corrected chi connectivity index (χ2v) is 5.45. The fourth-order valence-electron chi connectivity index (χ4n) is 2.82. The maximum absolute atomic E-state index is 6.04. The summed E-state index contributed by atoms with van der Waals surface area (Å²) < 4.78 is 11.7. The number of ether oxygens (including phenoxy) is 2. The lowest BCUT2D eigenvalue weighted by Crippen LogP contribution is -2.42. The van der Waals surface area contributed by atoms with E-state index in [-0.39, 0.29) is 11.6 Å². The van der Waals surface area contributed by atoms with Gasteiger partial charge in [-0.2, -0.15) is 0 Å². The Morgan fingerprint density at radius 2 is 1.90 bits per heavy atom. The highest BCUT2D eigenvalue weighted by Crippen LogP contribution is 2.38. The average molecular weight is 279 g/mol. The molecule has 1 aromatic carbocycles. The molecule has 0 radical (unpaired) electrons. The van der Waals surface area contributed by atoms with Gasteiger partial charge in [-0.05, 0) is 52.3 Å². The van der Waals surface area contributed by atoms with Gasteiger partial charge in [0.2, 0.25) is 0 Å². The van der Waals surface area contributed by atoms with Gasteiger partial charge in [-0.25, -0.2) is 0 Å². The average Bonchev–Trinajstić information content (AvgIpc) is 2.44. The number of methoxy groups -OCH3 is 1. The van der Waals surface area contributed by atoms with Gasteiger partial charge in [-0.15, -0.1) is 0 Å². The van der Waals surface area contributed by atoms with Crippen molar-refractivity contribution in [2.24, 2.45) is 0 Å². The first-order valence-electron chi connectivity index (χ1n) is 7.40. The van der Waals surface area contributed by atoms with Crippen LogP contribution in [0.25, 0.3) is 0 Å². The fourth-order valence-corrected chi connectivity index (χ4v) is 2.82. The molecule has 3 heteroatoms. The summed E-state index contributed by atoms with van der Waals surface area (Å²) in [6, 6.07) is 4.40. The number of benzene rings is 1. The Morgan fingerprint density at radius 1 is 1.25 bits per heavy atom. The molecule has 1 rings (SSSR count). The van der Waals surface area contributed by atoms with Gasteiger partial charge in [-0.3, -0.25) is 0 Å². The van der Waals surface area contributed by atoms with E-state index in [1.54, 1.807) is 7.11 Å². The van der Waals surface area contributed by atoms with Gasteiger partial charge in [-0.1, -0.05) is 19.1 Å². The van der Waals surface area contributed by atoms with Crippen molar-refractivity contribution in [1.29, 1.82) is 0 Å². The minimum absolute atomic E-state index is 0.0988. The monoisotopic (exact) mass is 279 g/mol. The molecule has 0 fully saturated rings. The quantitative estimate of drug-likeness (QED) is 0.824. The van der Waals surface area contributed by atoms with Crippen LogP contribution < -0.4 is 10.1 Å². The van der Waals surface area contributed by atoms with Gasteiger partial charge in [0.05, 0.1) is 18.8 Å². The summed E-state index contributed by atoms with van der Waals surface area (Å²) in [6.07, 6.45) is 0.933. The minimum atomic E-state index is -0.252. The Bertz CT molecular complexity index is 445. The molecule has 0 aliphatic heterocycles. The number of hydrogen-bond donors (Lipinski definition) is 1. The SMILES string of the molecule is CCOC(C)(CC)C(NC)c1ccc(C)c(C)c1OC. The highest BCUT2D eigenvalue weighted by atomic mass is 16.5. The summed E-state index contributed by atoms with van der Waals surface area (Å²) >= 11 is 0. The van der Waals surface area contributed by atoms with Gasteiger partial charge < -0.3 is 14.8 Å². The van der Waals surface area contributed by atoms with Gasteiger partial charge in [0.15, 0.2) is 0 Å². The predicted molar refractivity (Wildman–Crippen MR) is 84.6 cm³/mol. The molecule has 2 atom stereocenters. The van der Waals surface area contributed by atoms with E-state index in [0.717, 1.165) is 17.7 Å². The summed E-state index contributed by atoms with van der Waals surface area (Å²) in [5.74, 6) is 0.962. The van der Waals surface area contributed by atoms with E-state index in [9.17, 15) is 0 Å². The standard InChI is InChI=1S/C17H29NO2/c1-8-17(5,20-9-2)16(18-6)14-11-10-12(3)13(4)15(14)19-7/h10-11,16,18H,8-9H2,1-7H3. The van der Waals surface area contributed by atoms with Crippen molar-refractivity contribution < 1.29 is 9.47 Å². The molecule has 0 saturated heterocycles. The number of likely N-dealkylation sites (N-methyl/N-ethyl adjacent to an activating group) is 1. The lowest BCUT2D eigenvalue weighted by molar-refractivity contribution is -0.0551. The molecule has 0 heterocycles. The Morgan fingerprint density at radius 3 is 2.35 bits per heavy atom. The van der Waals surface area contributed by atoms with Gasteiger partial charge in [0.25, 0.3) is 0 Å². The van der Waals surface area contributed by atoms with Crippen LogP contribution in [0.3, 0.4) is 0 Å². The van der Waals surface area contributed by atoms with Crippen LogP contribution in [0, 0.1) is 13.8 Å². The third-order valence-corrected chi connectivity index (χ3v) is 4.30. The van der Waals surface area contributed by atoms with Crippen LogP contribution in [0.5, 0.6) is 5.75 Å². The number of rotatable bonds is 7. The summed E-state index contributed by atoms with van der Waals surface area (Å²) in [6.45, 7) is 11.3. The van der Waals surface area contributed by atoms with Gasteiger partial charge >= 0.3 is 0 Å². The molecule has 0 spiro atoms. The zero-order chi connectivity index (χ0) is 15.3. The first-order valence-corrected chi connectivity index (χ1v) is 7.40. The molecule has 114 valence electrons. The molecule has 3 nitrogen and oxygen atoms in total. The zero-order valence-electron chi connectivity index (χ0n) is 14.0. The van der Waals surface area contributed by atoms with Crippen LogP contribution in [0.1, 0.15) is 49.9 Å². The molecular formula is C17H29NO2. The van der Waals surface area contributed by atoms with Gasteiger partial charge in [0.1, 0.15) is 5.75 Å². The lowest BCUT2D eigenvalue weighted by atomic mass is 9.85. The largest absolute Gasteiger partial charge is 0.496 e. The van der Waals surface area contributed by atoms with Crippen LogP contribution >= 0.6 is 0 Å². The first kappa shape index (κ1) is 17.0. The van der Waals surface area contributed by atoms with E-state index in [0.29, 0.717) is 6.61 Å². The van der Waals surface area contributed by atoms with Crippen molar-refractivity contribution in [1.82, 2.24) is 5.32 Å². The first-order chi connectivity index (χ1) is 9.45. The Balaban J connectivity index is 3.35. The summed E-state index contributed by atoms with van der Waals surface area (Å²) in [4.78, 5) is 0. The van der Waals surface area contributed by atoms with Crippen molar-refractivity contribution in [3.63, 3.8) is 0 Å². The molecule has 0 aliphatic rings. The molecule has 1 aromatic rings. The molecule has 0 saturated carbocycles. The van der Waals surface area contributed by atoms with Crippen molar-refractivity contribution in [2.75, 3.05) is 20.8 Å². The molecule has 1 N–H and O–H groups in total. The topological polar surface area (TPSA) is 30.5 Å². The highest BCUT2D eigenvalue weighted by molar-refractivity contribution is 5.47. The molecular weight excluding hydrogens is 250 g/mol. The van der Waals surface area contributed by atoms with E-state index < -0.39 is 0 Å². The smallest absolute Gasteiger partial charge is 0.126 e. The van der Waals surface area contributed by atoms with E-state index in [1.165, 1.54) is 11.1 Å². The van der Waals surface area contributed by atoms with E-state index in [1.807, 2.05) is 14.0 Å². The van der Waals surface area contributed by atoms with Crippen molar-refractivity contribution >= 4 is 0 Å². The van der Waals surface area contributed by atoms with Crippen molar-refractivity contribution in [2.45, 2.75) is 52.7 Å². The van der Waals surface area contributed by atoms with E-state index >= 15 is 0 Å².